The molecule has 34 heavy (non-hydrogen) atoms. The Labute approximate surface area is 197 Å². The Morgan fingerprint density at radius 2 is 2.00 bits per heavy atom. The molecule has 1 aliphatic rings. The summed E-state index contributed by atoms with van der Waals surface area (Å²) in [6.07, 6.45) is 7.23. The molecule has 10 heteroatoms. The summed E-state index contributed by atoms with van der Waals surface area (Å²) in [5.74, 6) is 0.627. The lowest BCUT2D eigenvalue weighted by molar-refractivity contribution is 0.101. The van der Waals surface area contributed by atoms with Crippen LogP contribution >= 0.6 is 0 Å². The number of aliphatic hydroxyl groups is 1. The Morgan fingerprint density at radius 1 is 1.24 bits per heavy atom. The van der Waals surface area contributed by atoms with E-state index in [9.17, 15) is 14.7 Å². The van der Waals surface area contributed by atoms with Crippen molar-refractivity contribution in [3.8, 4) is 0 Å². The van der Waals surface area contributed by atoms with Gasteiger partial charge in [0.05, 0.1) is 24.1 Å². The third-order valence-corrected chi connectivity index (χ3v) is 6.37. The first-order valence-electron chi connectivity index (χ1n) is 11.7. The van der Waals surface area contributed by atoms with Crippen molar-refractivity contribution >= 4 is 34.3 Å². The molecule has 0 amide bonds. The highest BCUT2D eigenvalue weighted by Crippen LogP contribution is 2.32. The minimum Gasteiger partial charge on any atom is -0.395 e. The molecule has 1 saturated carbocycles. The molecule has 1 fully saturated rings. The average Bonchev–Trinajstić information content (AvgIpc) is 3.34. The van der Waals surface area contributed by atoms with Gasteiger partial charge in [-0.3, -0.25) is 14.2 Å². The highest BCUT2D eigenvalue weighted by atomic mass is 16.3. The lowest BCUT2D eigenvalue weighted by Crippen LogP contribution is -2.32. The number of Topliss-reactive ketones (excluding diaryl/α,β-unsaturated/α-hetero) is 1. The quantitative estimate of drug-likeness (QED) is 0.406. The van der Waals surface area contributed by atoms with Crippen LogP contribution in [0.4, 0.5) is 17.5 Å². The average molecular weight is 466 g/mol. The van der Waals surface area contributed by atoms with Crippen LogP contribution in [0.5, 0.6) is 0 Å². The number of carbonyl (C=O) groups excluding carboxylic acids is 1. The Bertz CT molecular complexity index is 1230. The molecule has 0 saturated heterocycles. The molecule has 0 unspecified atom stereocenters. The van der Waals surface area contributed by atoms with Crippen LogP contribution in [0.15, 0.2) is 29.3 Å². The molecule has 3 heterocycles. The Morgan fingerprint density at radius 3 is 2.62 bits per heavy atom. The largest absolute Gasteiger partial charge is 0.395 e. The van der Waals surface area contributed by atoms with Gasteiger partial charge in [-0.1, -0.05) is 12.8 Å². The third kappa shape index (κ3) is 4.64. The minimum absolute atomic E-state index is 0.0221. The molecule has 0 aliphatic heterocycles. The van der Waals surface area contributed by atoms with Crippen molar-refractivity contribution in [3.63, 3.8) is 0 Å². The molecule has 0 aromatic carbocycles. The van der Waals surface area contributed by atoms with Crippen molar-refractivity contribution in [3.05, 3.63) is 46.0 Å². The molecule has 0 spiro atoms. The second-order valence-corrected chi connectivity index (χ2v) is 8.63. The van der Waals surface area contributed by atoms with E-state index >= 15 is 0 Å². The highest BCUT2D eigenvalue weighted by Gasteiger charge is 2.25. The lowest BCUT2D eigenvalue weighted by Gasteiger charge is -2.23. The summed E-state index contributed by atoms with van der Waals surface area (Å²) in [5.41, 5.74) is 7.60. The maximum atomic E-state index is 13.3. The zero-order chi connectivity index (χ0) is 24.2. The number of carbonyl (C=O) groups is 1. The molecule has 180 valence electrons. The number of nitrogens with one attached hydrogen (secondary N) is 1. The number of rotatable bonds is 9. The zero-order valence-corrected chi connectivity index (χ0v) is 19.6. The van der Waals surface area contributed by atoms with Crippen LogP contribution in [0.1, 0.15) is 54.6 Å². The topological polar surface area (TPSA) is 139 Å². The van der Waals surface area contributed by atoms with Crippen molar-refractivity contribution in [1.82, 2.24) is 19.5 Å². The van der Waals surface area contributed by atoms with E-state index in [1.165, 1.54) is 6.92 Å². The summed E-state index contributed by atoms with van der Waals surface area (Å²) in [5, 5.41) is 13.1. The van der Waals surface area contributed by atoms with Crippen molar-refractivity contribution in [2.45, 2.75) is 45.6 Å². The minimum atomic E-state index is -0.277. The van der Waals surface area contributed by atoms with Gasteiger partial charge in [0, 0.05) is 37.3 Å². The highest BCUT2D eigenvalue weighted by molar-refractivity contribution is 5.99. The Hall–Kier alpha value is -3.37. The molecule has 0 bridgehead atoms. The van der Waals surface area contributed by atoms with Gasteiger partial charge in [0.2, 0.25) is 5.95 Å². The third-order valence-electron chi connectivity index (χ3n) is 6.37. The number of aryl methyl sites for hydroxylation is 1. The number of aromatic nitrogens is 4. The van der Waals surface area contributed by atoms with Crippen molar-refractivity contribution in [2.75, 3.05) is 36.5 Å². The van der Waals surface area contributed by atoms with Gasteiger partial charge in [-0.05, 0) is 44.4 Å². The van der Waals surface area contributed by atoms with Crippen LogP contribution in [0.25, 0.3) is 11.0 Å². The SMILES string of the molecule is CC(=O)c1c(C)c2cnc(Nc3ccc(N(CCN)CCO)cn3)nc2n(C2CCCC2)c1=O. The summed E-state index contributed by atoms with van der Waals surface area (Å²) in [6.45, 7) is 4.78. The predicted molar refractivity (Wildman–Crippen MR) is 132 cm³/mol. The normalized spacial score (nSPS) is 14.0. The number of hydrogen-bond donors (Lipinski definition) is 3. The lowest BCUT2D eigenvalue weighted by atomic mass is 10.0. The first-order chi connectivity index (χ1) is 16.4. The fourth-order valence-corrected chi connectivity index (χ4v) is 4.72. The van der Waals surface area contributed by atoms with Gasteiger partial charge in [-0.25, -0.2) is 9.97 Å². The molecule has 4 rings (SSSR count). The molecule has 4 N–H and O–H groups in total. The number of pyridine rings is 2. The molecule has 0 radical (unpaired) electrons. The number of hydrogen-bond acceptors (Lipinski definition) is 9. The van der Waals surface area contributed by atoms with Crippen LogP contribution < -0.4 is 21.5 Å². The summed E-state index contributed by atoms with van der Waals surface area (Å²) in [6, 6.07) is 3.71. The number of aliphatic hydroxyl groups excluding tert-OH is 1. The molecule has 1 aliphatic carbocycles. The monoisotopic (exact) mass is 465 g/mol. The Balaban J connectivity index is 1.71. The van der Waals surface area contributed by atoms with Crippen molar-refractivity contribution in [2.24, 2.45) is 5.73 Å². The van der Waals surface area contributed by atoms with Crippen LogP contribution in [0.3, 0.4) is 0 Å². The molecule has 0 atom stereocenters. The number of nitrogens with two attached hydrogens (primary N) is 1. The summed E-state index contributed by atoms with van der Waals surface area (Å²) < 4.78 is 1.69. The molecular weight excluding hydrogens is 434 g/mol. The van der Waals surface area contributed by atoms with Crippen molar-refractivity contribution in [1.29, 1.82) is 0 Å². The standard InChI is InChI=1S/C24H31N7O3/c1-15-19-14-27-24(28-20-8-7-18(13-26-20)30(10-9-25)11-12-32)29-22(19)31(17-5-3-4-6-17)23(34)21(15)16(2)33/h7-8,13-14,17,32H,3-6,9-12,25H2,1-2H3,(H,26,27,28,29). The van der Waals surface area contributed by atoms with Crippen LogP contribution in [0, 0.1) is 6.92 Å². The van der Waals surface area contributed by atoms with E-state index in [2.05, 4.69) is 20.3 Å². The number of fused-ring (bicyclic) bond motifs is 1. The number of nitrogens with zero attached hydrogens (tertiary/aromatic N) is 5. The van der Waals surface area contributed by atoms with Gasteiger partial charge in [0.25, 0.3) is 5.56 Å². The van der Waals surface area contributed by atoms with Gasteiger partial charge >= 0.3 is 0 Å². The van der Waals surface area contributed by atoms with E-state index < -0.39 is 0 Å². The summed E-state index contributed by atoms with van der Waals surface area (Å²) in [4.78, 5) is 41.1. The fourth-order valence-electron chi connectivity index (χ4n) is 4.72. The van der Waals surface area contributed by atoms with Gasteiger partial charge in [0.15, 0.2) is 5.78 Å². The predicted octanol–water partition coefficient (Wildman–Crippen LogP) is 2.31. The van der Waals surface area contributed by atoms with Gasteiger partial charge in [-0.15, -0.1) is 0 Å². The van der Waals surface area contributed by atoms with E-state index in [0.29, 0.717) is 48.0 Å². The number of ketones is 1. The van der Waals surface area contributed by atoms with Gasteiger partial charge < -0.3 is 21.1 Å². The zero-order valence-electron chi connectivity index (χ0n) is 19.6. The van der Waals surface area contributed by atoms with Crippen LogP contribution in [0.2, 0.25) is 0 Å². The molecule has 3 aromatic rings. The first-order valence-corrected chi connectivity index (χ1v) is 11.7. The van der Waals surface area contributed by atoms with Gasteiger partial charge in [-0.2, -0.15) is 4.98 Å². The Kier molecular flexibility index (Phi) is 7.18. The van der Waals surface area contributed by atoms with E-state index in [0.717, 1.165) is 31.4 Å². The maximum Gasteiger partial charge on any atom is 0.263 e. The van der Waals surface area contributed by atoms with E-state index in [-0.39, 0.29) is 29.6 Å². The van der Waals surface area contributed by atoms with E-state index in [1.54, 1.807) is 30.0 Å². The van der Waals surface area contributed by atoms with Crippen LogP contribution in [-0.4, -0.2) is 56.6 Å². The summed E-state index contributed by atoms with van der Waals surface area (Å²) in [7, 11) is 0. The maximum absolute atomic E-state index is 13.3. The van der Waals surface area contributed by atoms with E-state index in [4.69, 9.17) is 5.73 Å². The smallest absolute Gasteiger partial charge is 0.263 e. The molecule has 3 aromatic heterocycles. The summed E-state index contributed by atoms with van der Waals surface area (Å²) >= 11 is 0. The molecular formula is C24H31N7O3. The first kappa shape index (κ1) is 23.8. The number of anilines is 3. The molecule has 10 nitrogen and oxygen atoms in total. The van der Waals surface area contributed by atoms with Crippen LogP contribution in [-0.2, 0) is 0 Å². The van der Waals surface area contributed by atoms with Crippen molar-refractivity contribution < 1.29 is 9.90 Å². The fraction of sp³-hybridized carbons (Fsp3) is 0.458. The second-order valence-electron chi connectivity index (χ2n) is 8.63. The van der Waals surface area contributed by atoms with Gasteiger partial charge in [0.1, 0.15) is 11.5 Å². The van der Waals surface area contributed by atoms with E-state index in [1.807, 2.05) is 11.0 Å². The second kappa shape index (κ2) is 10.3.